The van der Waals surface area contributed by atoms with Crippen LogP contribution in [-0.4, -0.2) is 40.0 Å². The maximum absolute atomic E-state index is 12.1. The van der Waals surface area contributed by atoms with Crippen molar-refractivity contribution in [1.82, 2.24) is 4.72 Å². The number of nitrogens with one attached hydrogen (secondary N) is 1. The van der Waals surface area contributed by atoms with Gasteiger partial charge in [-0.25, -0.2) is 13.1 Å². The summed E-state index contributed by atoms with van der Waals surface area (Å²) in [4.78, 5) is 0. The largest absolute Gasteiger partial charge is 0.385 e. The van der Waals surface area contributed by atoms with Crippen LogP contribution in [0.25, 0.3) is 0 Å². The molecule has 1 fully saturated rings. The first-order valence-corrected chi connectivity index (χ1v) is 8.31. The molecule has 3 N–H and O–H groups in total. The second-order valence-corrected chi connectivity index (χ2v) is 7.12. The van der Waals surface area contributed by atoms with Crippen LogP contribution in [0.3, 0.4) is 0 Å². The number of rotatable bonds is 7. The zero-order valence-electron chi connectivity index (χ0n) is 11.4. The minimum atomic E-state index is -3.27. The van der Waals surface area contributed by atoms with Crippen molar-refractivity contribution < 1.29 is 13.2 Å². The van der Waals surface area contributed by atoms with Gasteiger partial charge in [-0.15, -0.1) is 0 Å². The zero-order valence-corrected chi connectivity index (χ0v) is 12.3. The van der Waals surface area contributed by atoms with Crippen LogP contribution in [0.5, 0.6) is 0 Å². The van der Waals surface area contributed by atoms with E-state index in [2.05, 4.69) is 11.6 Å². The number of methoxy groups -OCH3 is 1. The molecule has 0 saturated heterocycles. The Morgan fingerprint density at radius 1 is 1.44 bits per heavy atom. The first-order valence-electron chi connectivity index (χ1n) is 6.66. The molecule has 0 aliphatic heterocycles. The summed E-state index contributed by atoms with van der Waals surface area (Å²) < 4.78 is 31.9. The molecule has 0 heterocycles. The van der Waals surface area contributed by atoms with E-state index in [1.807, 2.05) is 0 Å². The lowest BCUT2D eigenvalue weighted by atomic mass is 9.74. The van der Waals surface area contributed by atoms with Crippen molar-refractivity contribution in [1.29, 1.82) is 0 Å². The van der Waals surface area contributed by atoms with E-state index in [-0.39, 0.29) is 5.75 Å². The lowest BCUT2D eigenvalue weighted by Crippen LogP contribution is -2.59. The first-order chi connectivity index (χ1) is 8.46. The van der Waals surface area contributed by atoms with E-state index < -0.39 is 15.6 Å². The van der Waals surface area contributed by atoms with Gasteiger partial charge >= 0.3 is 0 Å². The van der Waals surface area contributed by atoms with E-state index in [4.69, 9.17) is 10.5 Å². The Bertz CT molecular complexity index is 345. The molecule has 0 aromatic rings. The molecule has 1 rings (SSSR count). The van der Waals surface area contributed by atoms with Crippen LogP contribution in [0.4, 0.5) is 0 Å². The molecule has 1 aliphatic rings. The average molecular weight is 278 g/mol. The minimum Gasteiger partial charge on any atom is -0.385 e. The van der Waals surface area contributed by atoms with Gasteiger partial charge < -0.3 is 10.5 Å². The van der Waals surface area contributed by atoms with Gasteiger partial charge in [-0.1, -0.05) is 19.8 Å². The van der Waals surface area contributed by atoms with Gasteiger partial charge in [0.25, 0.3) is 0 Å². The van der Waals surface area contributed by atoms with Gasteiger partial charge in [0.05, 0.1) is 5.75 Å². The second kappa shape index (κ2) is 6.84. The molecule has 0 amide bonds. The van der Waals surface area contributed by atoms with Crippen LogP contribution in [-0.2, 0) is 14.8 Å². The molecule has 1 aliphatic carbocycles. The number of ether oxygens (including phenoxy) is 1. The van der Waals surface area contributed by atoms with Gasteiger partial charge in [0, 0.05) is 25.8 Å². The van der Waals surface area contributed by atoms with Crippen molar-refractivity contribution in [2.75, 3.05) is 26.0 Å². The zero-order chi connectivity index (χ0) is 13.6. The first kappa shape index (κ1) is 15.9. The summed E-state index contributed by atoms with van der Waals surface area (Å²) in [6.07, 6.45) is 4.60. The molecular weight excluding hydrogens is 252 g/mol. The Balaban J connectivity index is 2.66. The molecule has 0 aromatic heterocycles. The van der Waals surface area contributed by atoms with Gasteiger partial charge in [-0.05, 0) is 25.2 Å². The molecule has 0 aromatic carbocycles. The van der Waals surface area contributed by atoms with E-state index in [9.17, 15) is 8.42 Å². The van der Waals surface area contributed by atoms with Gasteiger partial charge in [-0.2, -0.15) is 0 Å². The van der Waals surface area contributed by atoms with Crippen LogP contribution in [0.15, 0.2) is 0 Å². The molecule has 5 nitrogen and oxygen atoms in total. The van der Waals surface area contributed by atoms with E-state index >= 15 is 0 Å². The van der Waals surface area contributed by atoms with Gasteiger partial charge in [0.1, 0.15) is 0 Å². The Morgan fingerprint density at radius 3 is 2.72 bits per heavy atom. The van der Waals surface area contributed by atoms with Crippen LogP contribution in [0.1, 0.15) is 39.0 Å². The van der Waals surface area contributed by atoms with Gasteiger partial charge in [0.2, 0.25) is 10.0 Å². The van der Waals surface area contributed by atoms with Crippen molar-refractivity contribution in [3.8, 4) is 0 Å². The molecule has 1 saturated carbocycles. The number of hydrogen-bond acceptors (Lipinski definition) is 4. The maximum Gasteiger partial charge on any atom is 0.212 e. The molecule has 0 radical (unpaired) electrons. The van der Waals surface area contributed by atoms with E-state index in [1.54, 1.807) is 7.11 Å². The summed E-state index contributed by atoms with van der Waals surface area (Å²) in [6.45, 7) is 2.92. The maximum atomic E-state index is 12.1. The lowest BCUT2D eigenvalue weighted by Gasteiger charge is -2.42. The fraction of sp³-hybridized carbons (Fsp3) is 1.00. The third-order valence-electron chi connectivity index (χ3n) is 3.94. The van der Waals surface area contributed by atoms with E-state index in [1.165, 1.54) is 0 Å². The van der Waals surface area contributed by atoms with Gasteiger partial charge in [-0.3, -0.25) is 0 Å². The molecular formula is C12H26N2O3S. The Hall–Kier alpha value is -0.170. The number of nitrogens with two attached hydrogens (primary N) is 1. The van der Waals surface area contributed by atoms with Crippen molar-refractivity contribution in [2.24, 2.45) is 11.7 Å². The van der Waals surface area contributed by atoms with Crippen LogP contribution < -0.4 is 10.5 Å². The highest BCUT2D eigenvalue weighted by Gasteiger charge is 2.39. The third-order valence-corrected chi connectivity index (χ3v) is 5.48. The number of hydrogen-bond donors (Lipinski definition) is 2. The second-order valence-electron chi connectivity index (χ2n) is 5.27. The highest BCUT2D eigenvalue weighted by molar-refractivity contribution is 7.89. The molecule has 2 unspecified atom stereocenters. The third kappa shape index (κ3) is 4.19. The fourth-order valence-corrected chi connectivity index (χ4v) is 4.27. The summed E-state index contributed by atoms with van der Waals surface area (Å²) >= 11 is 0. The summed E-state index contributed by atoms with van der Waals surface area (Å²) in [7, 11) is -1.69. The summed E-state index contributed by atoms with van der Waals surface area (Å²) in [5.74, 6) is 0.406. The predicted octanol–water partition coefficient (Wildman–Crippen LogP) is 0.850. The Labute approximate surface area is 111 Å². The van der Waals surface area contributed by atoms with Crippen molar-refractivity contribution >= 4 is 10.0 Å². The normalized spacial score (nSPS) is 29.4. The topological polar surface area (TPSA) is 81.4 Å². The van der Waals surface area contributed by atoms with E-state index in [0.717, 1.165) is 25.7 Å². The van der Waals surface area contributed by atoms with Gasteiger partial charge in [0.15, 0.2) is 0 Å². The van der Waals surface area contributed by atoms with Crippen LogP contribution in [0.2, 0.25) is 0 Å². The SMILES string of the molecule is COCCCS(=O)(=O)NC1(CN)CCCCC1C. The van der Waals surface area contributed by atoms with Crippen LogP contribution in [0, 0.1) is 5.92 Å². The quantitative estimate of drug-likeness (QED) is 0.676. The summed E-state index contributed by atoms with van der Waals surface area (Å²) in [5, 5.41) is 0. The summed E-state index contributed by atoms with van der Waals surface area (Å²) in [5.41, 5.74) is 5.40. The predicted molar refractivity (Wildman–Crippen MR) is 72.8 cm³/mol. The molecule has 18 heavy (non-hydrogen) atoms. The highest BCUT2D eigenvalue weighted by Crippen LogP contribution is 2.33. The lowest BCUT2D eigenvalue weighted by molar-refractivity contribution is 0.189. The molecule has 0 spiro atoms. The van der Waals surface area contributed by atoms with E-state index in [0.29, 0.717) is 25.5 Å². The Morgan fingerprint density at radius 2 is 2.17 bits per heavy atom. The van der Waals surface area contributed by atoms with Crippen molar-refractivity contribution in [3.05, 3.63) is 0 Å². The minimum absolute atomic E-state index is 0.106. The Kier molecular flexibility index (Phi) is 6.04. The summed E-state index contributed by atoms with van der Waals surface area (Å²) in [6, 6.07) is 0. The number of sulfonamides is 1. The average Bonchev–Trinajstić information content (AvgIpc) is 2.32. The molecule has 6 heteroatoms. The molecule has 108 valence electrons. The standard InChI is InChI=1S/C12H26N2O3S/c1-11-6-3-4-7-12(11,10-13)14-18(15,16)9-5-8-17-2/h11,14H,3-10,13H2,1-2H3. The monoisotopic (exact) mass is 278 g/mol. The van der Waals surface area contributed by atoms with Crippen LogP contribution >= 0.6 is 0 Å². The highest BCUT2D eigenvalue weighted by atomic mass is 32.2. The van der Waals surface area contributed by atoms with Crippen molar-refractivity contribution in [2.45, 2.75) is 44.6 Å². The molecule has 2 atom stereocenters. The molecule has 0 bridgehead atoms. The van der Waals surface area contributed by atoms with Crippen molar-refractivity contribution in [3.63, 3.8) is 0 Å². The fourth-order valence-electron chi connectivity index (χ4n) is 2.66. The smallest absolute Gasteiger partial charge is 0.212 e.